The van der Waals surface area contributed by atoms with E-state index in [2.05, 4.69) is 62.4 Å². The number of aromatic nitrogens is 2. The molecule has 1 saturated carbocycles. The van der Waals surface area contributed by atoms with Crippen LogP contribution in [0.15, 0.2) is 18.2 Å². The van der Waals surface area contributed by atoms with Crippen LogP contribution in [-0.2, 0) is 0 Å². The first-order chi connectivity index (χ1) is 8.26. The number of nitrogens with one attached hydrogen (secondary N) is 1. The molecule has 0 unspecified atom stereocenters. The van der Waals surface area contributed by atoms with E-state index in [1.807, 2.05) is 0 Å². The number of hydrogen-bond acceptors (Lipinski definition) is 1. The normalized spacial score (nSPS) is 21.4. The summed E-state index contributed by atoms with van der Waals surface area (Å²) in [5.41, 5.74) is 4.24. The summed E-state index contributed by atoms with van der Waals surface area (Å²) in [5, 5.41) is 0. The Bertz CT molecular complexity index is 674. The van der Waals surface area contributed by atoms with Gasteiger partial charge in [-0.3, -0.25) is 0 Å². The zero-order valence-electron chi connectivity index (χ0n) is 11.7. The highest BCUT2D eigenvalue weighted by molar-refractivity contribution is 7.71. The van der Waals surface area contributed by atoms with Gasteiger partial charge in [0, 0.05) is 6.04 Å². The quantitative estimate of drug-likeness (QED) is 0.742. The molecule has 0 bridgehead atoms. The van der Waals surface area contributed by atoms with Crippen molar-refractivity contribution in [3.63, 3.8) is 0 Å². The third-order valence-electron chi connectivity index (χ3n) is 5.07. The minimum absolute atomic E-state index is 0.297. The molecule has 1 heterocycles. The molecule has 2 nitrogen and oxygen atoms in total. The second kappa shape index (κ2) is 3.27. The Morgan fingerprint density at radius 1 is 1.17 bits per heavy atom. The third kappa shape index (κ3) is 1.31. The fourth-order valence-electron chi connectivity index (χ4n) is 3.31. The number of aryl methyl sites for hydroxylation is 1. The van der Waals surface area contributed by atoms with Gasteiger partial charge >= 0.3 is 0 Å². The maximum Gasteiger partial charge on any atom is 0.178 e. The molecule has 18 heavy (non-hydrogen) atoms. The summed E-state index contributed by atoms with van der Waals surface area (Å²) in [6.07, 6.45) is 0. The van der Waals surface area contributed by atoms with E-state index in [1.165, 1.54) is 11.1 Å². The SMILES string of the molecule is Cc1ccc2c(c1)[nH]c(=S)n2C1C(C)(C)C1(C)C. The molecule has 0 spiro atoms. The van der Waals surface area contributed by atoms with E-state index in [1.54, 1.807) is 0 Å². The minimum atomic E-state index is 0.297. The van der Waals surface area contributed by atoms with Gasteiger partial charge in [-0.25, -0.2) is 0 Å². The summed E-state index contributed by atoms with van der Waals surface area (Å²) < 4.78 is 3.16. The maximum atomic E-state index is 5.53. The lowest BCUT2D eigenvalue weighted by atomic mass is 10.0. The van der Waals surface area contributed by atoms with Crippen molar-refractivity contribution in [3.8, 4) is 0 Å². The van der Waals surface area contributed by atoms with Crippen LogP contribution in [0.4, 0.5) is 0 Å². The van der Waals surface area contributed by atoms with E-state index in [0.717, 1.165) is 10.3 Å². The molecular formula is C15H20N2S. The number of hydrogen-bond donors (Lipinski definition) is 1. The van der Waals surface area contributed by atoms with Crippen molar-refractivity contribution in [2.75, 3.05) is 0 Å². The largest absolute Gasteiger partial charge is 0.331 e. The first kappa shape index (κ1) is 12.0. The molecule has 2 aromatic rings. The summed E-state index contributed by atoms with van der Waals surface area (Å²) in [6.45, 7) is 11.4. The number of H-pyrrole nitrogens is 1. The summed E-state index contributed by atoms with van der Waals surface area (Å²) >= 11 is 5.53. The molecule has 3 heteroatoms. The van der Waals surface area contributed by atoms with Gasteiger partial charge in [0.1, 0.15) is 0 Å². The van der Waals surface area contributed by atoms with Crippen LogP contribution >= 0.6 is 12.2 Å². The Kier molecular flexibility index (Phi) is 2.17. The van der Waals surface area contributed by atoms with Crippen LogP contribution in [0.5, 0.6) is 0 Å². The zero-order chi connectivity index (χ0) is 13.3. The number of aromatic amines is 1. The van der Waals surface area contributed by atoms with Crippen molar-refractivity contribution in [3.05, 3.63) is 28.5 Å². The van der Waals surface area contributed by atoms with Crippen molar-refractivity contribution < 1.29 is 0 Å². The van der Waals surface area contributed by atoms with Crippen LogP contribution < -0.4 is 0 Å². The summed E-state index contributed by atoms with van der Waals surface area (Å²) in [5.74, 6) is 0. The number of fused-ring (bicyclic) bond motifs is 1. The van der Waals surface area contributed by atoms with Gasteiger partial charge in [-0.15, -0.1) is 0 Å². The Balaban J connectivity index is 2.26. The van der Waals surface area contributed by atoms with Crippen molar-refractivity contribution in [2.45, 2.75) is 40.7 Å². The summed E-state index contributed by atoms with van der Waals surface area (Å²) in [6, 6.07) is 6.99. The Morgan fingerprint density at radius 3 is 2.33 bits per heavy atom. The zero-order valence-corrected chi connectivity index (χ0v) is 12.5. The Hall–Kier alpha value is -1.09. The van der Waals surface area contributed by atoms with Gasteiger partial charge in [0.25, 0.3) is 0 Å². The average molecular weight is 260 g/mol. The smallest absolute Gasteiger partial charge is 0.178 e. The molecular weight excluding hydrogens is 240 g/mol. The number of rotatable bonds is 1. The topological polar surface area (TPSA) is 20.7 Å². The number of nitrogens with zero attached hydrogens (tertiary/aromatic N) is 1. The second-order valence-electron chi connectivity index (χ2n) is 6.67. The molecule has 1 aliphatic carbocycles. The number of benzene rings is 1. The summed E-state index contributed by atoms with van der Waals surface area (Å²) in [7, 11) is 0. The van der Waals surface area contributed by atoms with Crippen LogP contribution in [-0.4, -0.2) is 9.55 Å². The van der Waals surface area contributed by atoms with Gasteiger partial charge in [-0.2, -0.15) is 0 Å². The van der Waals surface area contributed by atoms with E-state index in [4.69, 9.17) is 12.2 Å². The molecule has 0 radical (unpaired) electrons. The third-order valence-corrected chi connectivity index (χ3v) is 5.37. The fourth-order valence-corrected chi connectivity index (χ4v) is 3.62. The molecule has 1 fully saturated rings. The average Bonchev–Trinajstić information content (AvgIpc) is 2.52. The molecule has 0 atom stereocenters. The first-order valence-electron chi connectivity index (χ1n) is 6.47. The van der Waals surface area contributed by atoms with Crippen LogP contribution in [0.3, 0.4) is 0 Å². The monoisotopic (exact) mass is 260 g/mol. The Morgan fingerprint density at radius 2 is 1.78 bits per heavy atom. The standard InChI is InChI=1S/C15H20N2S/c1-9-6-7-11-10(8-9)16-13(18)17(11)12-14(2,3)15(12,4)5/h6-8,12H,1-5H3,(H,16,18). The van der Waals surface area contributed by atoms with Gasteiger partial charge in [0.2, 0.25) is 0 Å². The summed E-state index contributed by atoms with van der Waals surface area (Å²) in [4.78, 5) is 3.34. The van der Waals surface area contributed by atoms with Crippen molar-refractivity contribution in [1.29, 1.82) is 0 Å². The van der Waals surface area contributed by atoms with Crippen LogP contribution in [0.2, 0.25) is 0 Å². The molecule has 1 aliphatic rings. The maximum absolute atomic E-state index is 5.53. The van der Waals surface area contributed by atoms with Crippen molar-refractivity contribution >= 4 is 23.3 Å². The van der Waals surface area contributed by atoms with E-state index in [9.17, 15) is 0 Å². The van der Waals surface area contributed by atoms with Crippen molar-refractivity contribution in [2.24, 2.45) is 10.8 Å². The van der Waals surface area contributed by atoms with Gasteiger partial charge in [-0.05, 0) is 47.7 Å². The lowest BCUT2D eigenvalue weighted by Gasteiger charge is -2.06. The Labute approximate surface area is 113 Å². The highest BCUT2D eigenvalue weighted by atomic mass is 32.1. The van der Waals surface area contributed by atoms with Gasteiger partial charge in [-0.1, -0.05) is 33.8 Å². The first-order valence-corrected chi connectivity index (χ1v) is 6.88. The molecule has 1 aromatic heterocycles. The second-order valence-corrected chi connectivity index (χ2v) is 7.05. The van der Waals surface area contributed by atoms with E-state index in [0.29, 0.717) is 16.9 Å². The molecule has 96 valence electrons. The molecule has 0 saturated heterocycles. The lowest BCUT2D eigenvalue weighted by molar-refractivity contribution is 0.457. The van der Waals surface area contributed by atoms with Gasteiger partial charge < -0.3 is 9.55 Å². The predicted molar refractivity (Wildman–Crippen MR) is 78.5 cm³/mol. The van der Waals surface area contributed by atoms with Gasteiger partial charge in [0.05, 0.1) is 11.0 Å². The van der Waals surface area contributed by atoms with E-state index < -0.39 is 0 Å². The predicted octanol–water partition coefficient (Wildman–Crippen LogP) is 4.61. The molecule has 1 aromatic carbocycles. The highest BCUT2D eigenvalue weighted by Crippen LogP contribution is 2.71. The van der Waals surface area contributed by atoms with E-state index in [-0.39, 0.29) is 0 Å². The minimum Gasteiger partial charge on any atom is -0.331 e. The van der Waals surface area contributed by atoms with Crippen LogP contribution in [0.1, 0.15) is 39.3 Å². The lowest BCUT2D eigenvalue weighted by Crippen LogP contribution is -2.00. The van der Waals surface area contributed by atoms with Crippen LogP contribution in [0.25, 0.3) is 11.0 Å². The molecule has 3 rings (SSSR count). The fraction of sp³-hybridized carbons (Fsp3) is 0.533. The van der Waals surface area contributed by atoms with Crippen LogP contribution in [0, 0.1) is 22.5 Å². The molecule has 0 amide bonds. The van der Waals surface area contributed by atoms with Crippen molar-refractivity contribution in [1.82, 2.24) is 9.55 Å². The highest BCUT2D eigenvalue weighted by Gasteiger charge is 2.66. The van der Waals surface area contributed by atoms with Gasteiger partial charge in [0.15, 0.2) is 4.77 Å². The van der Waals surface area contributed by atoms with E-state index >= 15 is 0 Å². The molecule has 1 N–H and O–H groups in total. The number of imidazole rings is 1. The molecule has 0 aliphatic heterocycles.